The Morgan fingerprint density at radius 1 is 1.24 bits per heavy atom. The Morgan fingerprint density at radius 2 is 2.00 bits per heavy atom. The van der Waals surface area contributed by atoms with Crippen LogP contribution in [0.1, 0.15) is 24.9 Å². The molecule has 3 atom stereocenters. The lowest BCUT2D eigenvalue weighted by Gasteiger charge is -2.46. The topological polar surface area (TPSA) is 49.4 Å². The van der Waals surface area contributed by atoms with Gasteiger partial charge in [-0.1, -0.05) is 64.5 Å². The summed E-state index contributed by atoms with van der Waals surface area (Å²) in [7, 11) is 1.77. The van der Waals surface area contributed by atoms with Crippen molar-refractivity contribution in [2.24, 2.45) is 5.92 Å². The van der Waals surface area contributed by atoms with E-state index in [2.05, 4.69) is 45.5 Å². The number of fused-ring (bicyclic) bond motifs is 1. The van der Waals surface area contributed by atoms with E-state index < -0.39 is 5.54 Å². The number of hydrogen-bond acceptors (Lipinski definition) is 2. The monoisotopic (exact) mass is 448 g/mol. The summed E-state index contributed by atoms with van der Waals surface area (Å²) >= 11 is 3.63. The Kier molecular flexibility index (Phi) is 4.07. The summed E-state index contributed by atoms with van der Waals surface area (Å²) in [6, 6.07) is 14.2. The minimum atomic E-state index is -0.771. The summed E-state index contributed by atoms with van der Waals surface area (Å²) in [6.45, 7) is 2.00. The molecule has 0 saturated carbocycles. The fraction of sp³-hybridized carbons (Fsp3) is 0.250. The number of amides is 2. The second kappa shape index (κ2) is 6.42. The number of rotatable bonds is 3. The minimum absolute atomic E-state index is 0.0556. The highest BCUT2D eigenvalue weighted by Crippen LogP contribution is 2.53. The molecule has 0 saturated heterocycles. The van der Waals surface area contributed by atoms with Crippen LogP contribution < -0.4 is 5.32 Å². The molecule has 1 heterocycles. The van der Waals surface area contributed by atoms with Crippen LogP contribution in [0.3, 0.4) is 0 Å². The maximum Gasteiger partial charge on any atom is 0.250 e. The molecule has 1 N–H and O–H groups in total. The van der Waals surface area contributed by atoms with Gasteiger partial charge in [0.05, 0.1) is 6.04 Å². The molecule has 3 aliphatic carbocycles. The zero-order valence-electron chi connectivity index (χ0n) is 16.3. The highest BCUT2D eigenvalue weighted by atomic mass is 79.9. The fourth-order valence-electron chi connectivity index (χ4n) is 4.92. The summed E-state index contributed by atoms with van der Waals surface area (Å²) in [5.74, 6) is -0.0743. The fourth-order valence-corrected chi connectivity index (χ4v) is 5.54. The minimum Gasteiger partial charge on any atom is -0.346 e. The zero-order chi connectivity index (χ0) is 20.3. The largest absolute Gasteiger partial charge is 0.346 e. The van der Waals surface area contributed by atoms with E-state index in [-0.39, 0.29) is 23.8 Å². The summed E-state index contributed by atoms with van der Waals surface area (Å²) in [5, 5.41) is 5.47. The predicted molar refractivity (Wildman–Crippen MR) is 117 cm³/mol. The highest BCUT2D eigenvalue weighted by Gasteiger charge is 2.54. The van der Waals surface area contributed by atoms with Crippen molar-refractivity contribution in [1.29, 1.82) is 0 Å². The number of allylic oxidation sites excluding steroid dienone is 2. The first-order valence-electron chi connectivity index (χ1n) is 9.79. The van der Waals surface area contributed by atoms with Gasteiger partial charge in [0.2, 0.25) is 11.8 Å². The van der Waals surface area contributed by atoms with E-state index in [1.807, 2.05) is 37.3 Å². The molecular formula is C24H21BrN2O2. The molecule has 0 aromatic heterocycles. The van der Waals surface area contributed by atoms with Crippen LogP contribution in [0.2, 0.25) is 0 Å². The van der Waals surface area contributed by atoms with Crippen LogP contribution in [0, 0.1) is 5.92 Å². The van der Waals surface area contributed by atoms with Gasteiger partial charge in [0.1, 0.15) is 5.54 Å². The van der Waals surface area contributed by atoms with E-state index in [0.29, 0.717) is 5.57 Å². The molecule has 0 fully saturated rings. The third-order valence-corrected chi connectivity index (χ3v) is 7.27. The lowest BCUT2D eigenvalue weighted by Crippen LogP contribution is -2.54. The summed E-state index contributed by atoms with van der Waals surface area (Å²) in [6.07, 6.45) is 6.50. The lowest BCUT2D eigenvalue weighted by molar-refractivity contribution is -0.126. The van der Waals surface area contributed by atoms with Crippen LogP contribution in [-0.2, 0) is 9.59 Å². The van der Waals surface area contributed by atoms with E-state index in [0.717, 1.165) is 32.8 Å². The zero-order valence-corrected chi connectivity index (χ0v) is 17.9. The van der Waals surface area contributed by atoms with Crippen molar-refractivity contribution in [1.82, 2.24) is 10.2 Å². The average Bonchev–Trinajstić information content (AvgIpc) is 2.97. The van der Waals surface area contributed by atoms with Gasteiger partial charge in [0.25, 0.3) is 0 Å². The summed E-state index contributed by atoms with van der Waals surface area (Å²) < 4.78 is 1.04. The smallest absolute Gasteiger partial charge is 0.250 e. The van der Waals surface area contributed by atoms with Crippen LogP contribution in [0.4, 0.5) is 0 Å². The van der Waals surface area contributed by atoms with Gasteiger partial charge in [-0.25, -0.2) is 0 Å². The van der Waals surface area contributed by atoms with Gasteiger partial charge in [0, 0.05) is 29.1 Å². The van der Waals surface area contributed by atoms with Gasteiger partial charge in [-0.15, -0.1) is 0 Å². The number of benzene rings is 2. The average molecular weight is 449 g/mol. The van der Waals surface area contributed by atoms with Gasteiger partial charge in [0.15, 0.2) is 0 Å². The predicted octanol–water partition coefficient (Wildman–Crippen LogP) is 4.39. The Balaban J connectivity index is 1.49. The SMILES string of the molecule is C[C@@H](NC(=O)C1=C[C@@H]2CC3=CC(=O)N(C)C31C=C2Br)c1cccc2ccccc12. The van der Waals surface area contributed by atoms with Crippen LogP contribution in [0.25, 0.3) is 10.8 Å². The first kappa shape index (κ1) is 18.4. The molecule has 2 amide bonds. The molecule has 4 nitrogen and oxygen atoms in total. The number of nitrogens with zero attached hydrogens (tertiary/aromatic N) is 1. The molecule has 6 rings (SSSR count). The summed E-state index contributed by atoms with van der Waals surface area (Å²) in [5.41, 5.74) is 1.96. The van der Waals surface area contributed by atoms with E-state index in [4.69, 9.17) is 0 Å². The van der Waals surface area contributed by atoms with Crippen molar-refractivity contribution in [3.05, 3.63) is 81.9 Å². The van der Waals surface area contributed by atoms with Gasteiger partial charge < -0.3 is 10.2 Å². The van der Waals surface area contributed by atoms with Crippen molar-refractivity contribution >= 4 is 38.5 Å². The number of likely N-dealkylation sites (N-methyl/N-ethyl adjacent to an activating group) is 1. The van der Waals surface area contributed by atoms with Crippen molar-refractivity contribution in [2.45, 2.75) is 24.9 Å². The molecule has 1 aliphatic heterocycles. The molecule has 5 heteroatoms. The standard InChI is InChI=1S/C24H21BrN2O2/c1-14(18-9-5-7-15-6-3-4-8-19(15)18)26-23(29)20-11-16-10-17-12-22(28)27(2)24(17,20)13-21(16)25/h3-9,11-14,16H,10H2,1-2H3,(H,26,29)/t14-,16+,24?/m1/s1. The molecule has 1 unspecified atom stereocenters. The van der Waals surface area contributed by atoms with Crippen LogP contribution in [0.15, 0.2) is 76.3 Å². The maximum atomic E-state index is 13.4. The van der Waals surface area contributed by atoms with Gasteiger partial charge in [-0.2, -0.15) is 0 Å². The lowest BCUT2D eigenvalue weighted by atomic mass is 9.67. The van der Waals surface area contributed by atoms with Crippen LogP contribution in [-0.4, -0.2) is 29.3 Å². The molecule has 2 aromatic rings. The van der Waals surface area contributed by atoms with Crippen molar-refractivity contribution < 1.29 is 9.59 Å². The Morgan fingerprint density at radius 3 is 2.83 bits per heavy atom. The Labute approximate surface area is 178 Å². The summed E-state index contributed by atoms with van der Waals surface area (Å²) in [4.78, 5) is 27.5. The number of carbonyl (C=O) groups excluding carboxylic acids is 2. The molecule has 4 aliphatic rings. The number of nitrogens with one attached hydrogen (secondary N) is 1. The van der Waals surface area contributed by atoms with E-state index in [9.17, 15) is 9.59 Å². The molecule has 29 heavy (non-hydrogen) atoms. The molecule has 1 spiro atoms. The van der Waals surface area contributed by atoms with Crippen LogP contribution >= 0.6 is 15.9 Å². The Hall–Kier alpha value is -2.66. The molecule has 0 radical (unpaired) electrons. The molecular weight excluding hydrogens is 428 g/mol. The van der Waals surface area contributed by atoms with Crippen molar-refractivity contribution in [3.63, 3.8) is 0 Å². The molecule has 146 valence electrons. The van der Waals surface area contributed by atoms with E-state index in [1.54, 1.807) is 18.0 Å². The quantitative estimate of drug-likeness (QED) is 0.756. The van der Waals surface area contributed by atoms with E-state index in [1.165, 1.54) is 0 Å². The molecule has 2 aromatic carbocycles. The third-order valence-electron chi connectivity index (χ3n) is 6.45. The normalized spacial score (nSPS) is 26.0. The highest BCUT2D eigenvalue weighted by molar-refractivity contribution is 9.11. The number of halogens is 1. The number of hydrogen-bond donors (Lipinski definition) is 1. The van der Waals surface area contributed by atoms with Gasteiger partial charge in [-0.05, 0) is 41.3 Å². The second-order valence-corrected chi connectivity index (χ2v) is 8.93. The van der Waals surface area contributed by atoms with Crippen molar-refractivity contribution in [2.75, 3.05) is 7.05 Å². The van der Waals surface area contributed by atoms with Crippen LogP contribution in [0.5, 0.6) is 0 Å². The van der Waals surface area contributed by atoms with E-state index >= 15 is 0 Å². The van der Waals surface area contributed by atoms with Gasteiger partial charge in [-0.3, -0.25) is 9.59 Å². The third kappa shape index (κ3) is 2.57. The first-order valence-corrected chi connectivity index (χ1v) is 10.6. The molecule has 2 bridgehead atoms. The maximum absolute atomic E-state index is 13.4. The Bertz CT molecular complexity index is 1160. The number of carbonyl (C=O) groups is 2. The first-order chi connectivity index (χ1) is 13.9. The van der Waals surface area contributed by atoms with Crippen molar-refractivity contribution in [3.8, 4) is 0 Å². The second-order valence-electron chi connectivity index (χ2n) is 8.02. The van der Waals surface area contributed by atoms with Gasteiger partial charge >= 0.3 is 0 Å².